The number of anilines is 1. The zero-order valence-electron chi connectivity index (χ0n) is 15.2. The maximum absolute atomic E-state index is 12.5. The number of oxazole rings is 1. The summed E-state index contributed by atoms with van der Waals surface area (Å²) in [4.78, 5) is 25.4. The highest BCUT2D eigenvalue weighted by Crippen LogP contribution is 2.29. The fourth-order valence-corrected chi connectivity index (χ4v) is 3.56. The average molecular weight is 366 g/mol. The lowest BCUT2D eigenvalue weighted by molar-refractivity contribution is -0.121. The van der Waals surface area contributed by atoms with E-state index in [1.165, 1.54) is 0 Å². The first-order valence-electron chi connectivity index (χ1n) is 9.22. The van der Waals surface area contributed by atoms with Crippen molar-refractivity contribution in [3.63, 3.8) is 0 Å². The molecule has 3 aromatic heterocycles. The van der Waals surface area contributed by atoms with Crippen LogP contribution in [0.15, 0.2) is 35.1 Å². The first-order chi connectivity index (χ1) is 13.1. The van der Waals surface area contributed by atoms with Gasteiger partial charge < -0.3 is 14.8 Å². The number of hydrogen-bond acceptors (Lipinski definition) is 6. The van der Waals surface area contributed by atoms with Gasteiger partial charge in [-0.15, -0.1) is 0 Å². The van der Waals surface area contributed by atoms with Crippen LogP contribution in [0.4, 0.5) is 5.82 Å². The normalized spacial score (nSPS) is 19.9. The molecule has 3 heterocycles. The molecule has 0 spiro atoms. The Bertz CT molecular complexity index is 961. The van der Waals surface area contributed by atoms with Crippen molar-refractivity contribution in [2.45, 2.75) is 32.6 Å². The first-order valence-corrected chi connectivity index (χ1v) is 9.22. The molecule has 1 saturated carbocycles. The summed E-state index contributed by atoms with van der Waals surface area (Å²) in [7, 11) is 0. The standard InChI is InChI=1S/C20H22N4O3/c1-12-21-10-18(27-12)17-6-15-7-19(23-9-16(15)8-22-17)24-20(26)14-4-2-13(11-25)3-5-14/h6-10,13-14,25H,2-5,11H2,1H3,(H,23,24,26)/t13-,14-. The van der Waals surface area contributed by atoms with Gasteiger partial charge >= 0.3 is 0 Å². The third-order valence-electron chi connectivity index (χ3n) is 5.20. The molecule has 1 amide bonds. The molecule has 0 aliphatic heterocycles. The van der Waals surface area contributed by atoms with E-state index < -0.39 is 0 Å². The molecule has 1 aliphatic carbocycles. The van der Waals surface area contributed by atoms with Crippen LogP contribution in [0.1, 0.15) is 31.6 Å². The molecule has 2 N–H and O–H groups in total. The SMILES string of the molecule is Cc1ncc(-c2cc3cc(NC(=O)[C@H]4CC[C@H](CO)CC4)ncc3cn2)o1. The summed E-state index contributed by atoms with van der Waals surface area (Å²) in [5.41, 5.74) is 0.689. The Balaban J connectivity index is 1.51. The summed E-state index contributed by atoms with van der Waals surface area (Å²) in [6.07, 6.45) is 8.49. The van der Waals surface area contributed by atoms with E-state index in [0.29, 0.717) is 29.1 Å². The molecule has 1 aliphatic rings. The minimum Gasteiger partial charge on any atom is -0.439 e. The highest BCUT2D eigenvalue weighted by Gasteiger charge is 2.26. The van der Waals surface area contributed by atoms with Crippen LogP contribution in [0.25, 0.3) is 22.2 Å². The third-order valence-corrected chi connectivity index (χ3v) is 5.20. The van der Waals surface area contributed by atoms with Crippen molar-refractivity contribution in [3.8, 4) is 11.5 Å². The molecular formula is C20H22N4O3. The molecule has 7 heteroatoms. The lowest BCUT2D eigenvalue weighted by Gasteiger charge is -2.26. The van der Waals surface area contributed by atoms with Crippen molar-refractivity contribution in [3.05, 3.63) is 36.6 Å². The van der Waals surface area contributed by atoms with Gasteiger partial charge in [0.2, 0.25) is 5.91 Å². The maximum atomic E-state index is 12.5. The number of carbonyl (C=O) groups is 1. The number of aliphatic hydroxyl groups is 1. The molecule has 1 fully saturated rings. The van der Waals surface area contributed by atoms with Gasteiger partial charge in [-0.2, -0.15) is 0 Å². The van der Waals surface area contributed by atoms with Crippen LogP contribution in [-0.2, 0) is 4.79 Å². The number of aromatic nitrogens is 3. The molecule has 0 saturated heterocycles. The van der Waals surface area contributed by atoms with Crippen LogP contribution < -0.4 is 5.32 Å². The quantitative estimate of drug-likeness (QED) is 0.734. The van der Waals surface area contributed by atoms with Gasteiger partial charge in [-0.05, 0) is 49.1 Å². The molecule has 27 heavy (non-hydrogen) atoms. The van der Waals surface area contributed by atoms with Crippen molar-refractivity contribution in [1.29, 1.82) is 0 Å². The smallest absolute Gasteiger partial charge is 0.228 e. The number of amides is 1. The number of pyridine rings is 2. The second kappa shape index (κ2) is 7.44. The average Bonchev–Trinajstić information content (AvgIpc) is 3.14. The van der Waals surface area contributed by atoms with Crippen LogP contribution >= 0.6 is 0 Å². The molecule has 0 unspecified atom stereocenters. The molecule has 0 radical (unpaired) electrons. The summed E-state index contributed by atoms with van der Waals surface area (Å²) in [6, 6.07) is 3.75. The van der Waals surface area contributed by atoms with Gasteiger partial charge in [-0.3, -0.25) is 9.78 Å². The number of rotatable bonds is 4. The van der Waals surface area contributed by atoms with E-state index in [1.807, 2.05) is 12.1 Å². The lowest BCUT2D eigenvalue weighted by Crippen LogP contribution is -2.28. The largest absolute Gasteiger partial charge is 0.439 e. The number of aryl methyl sites for hydroxylation is 1. The number of carbonyl (C=O) groups excluding carboxylic acids is 1. The molecular weight excluding hydrogens is 344 g/mol. The molecule has 3 aromatic rings. The first kappa shape index (κ1) is 17.6. The van der Waals surface area contributed by atoms with E-state index in [0.717, 1.165) is 36.5 Å². The second-order valence-corrected chi connectivity index (χ2v) is 7.12. The summed E-state index contributed by atoms with van der Waals surface area (Å²) in [6.45, 7) is 2.00. The highest BCUT2D eigenvalue weighted by molar-refractivity contribution is 5.94. The van der Waals surface area contributed by atoms with Gasteiger partial charge in [0, 0.05) is 37.2 Å². The van der Waals surface area contributed by atoms with E-state index >= 15 is 0 Å². The predicted molar refractivity (Wildman–Crippen MR) is 101 cm³/mol. The summed E-state index contributed by atoms with van der Waals surface area (Å²) in [5.74, 6) is 2.04. The number of nitrogens with one attached hydrogen (secondary N) is 1. The third kappa shape index (κ3) is 3.83. The minimum atomic E-state index is -0.0181. The van der Waals surface area contributed by atoms with Gasteiger partial charge in [0.05, 0.1) is 6.20 Å². The zero-order chi connectivity index (χ0) is 18.8. The van der Waals surface area contributed by atoms with Crippen molar-refractivity contribution in [2.75, 3.05) is 11.9 Å². The van der Waals surface area contributed by atoms with Crippen molar-refractivity contribution < 1.29 is 14.3 Å². The molecule has 0 aromatic carbocycles. The van der Waals surface area contributed by atoms with Crippen molar-refractivity contribution in [2.24, 2.45) is 11.8 Å². The van der Waals surface area contributed by atoms with E-state index in [-0.39, 0.29) is 18.4 Å². The van der Waals surface area contributed by atoms with Gasteiger partial charge in [0.1, 0.15) is 11.5 Å². The van der Waals surface area contributed by atoms with E-state index in [4.69, 9.17) is 4.42 Å². The molecule has 0 atom stereocenters. The van der Waals surface area contributed by atoms with Gasteiger partial charge in [-0.1, -0.05) is 0 Å². The predicted octanol–water partition coefficient (Wildman–Crippen LogP) is 3.33. The van der Waals surface area contributed by atoms with Crippen LogP contribution in [0.3, 0.4) is 0 Å². The summed E-state index contributed by atoms with van der Waals surface area (Å²) >= 11 is 0. The van der Waals surface area contributed by atoms with Crippen molar-refractivity contribution >= 4 is 22.5 Å². The topological polar surface area (TPSA) is 101 Å². The van der Waals surface area contributed by atoms with Gasteiger partial charge in [0.25, 0.3) is 0 Å². The Morgan fingerprint density at radius 3 is 2.59 bits per heavy atom. The van der Waals surface area contributed by atoms with Crippen LogP contribution in [-0.4, -0.2) is 32.6 Å². The Labute approximate surface area is 156 Å². The number of aliphatic hydroxyl groups excluding tert-OH is 1. The van der Waals surface area contributed by atoms with E-state index in [2.05, 4.69) is 20.3 Å². The fraction of sp³-hybridized carbons (Fsp3) is 0.400. The fourth-order valence-electron chi connectivity index (χ4n) is 3.56. The summed E-state index contributed by atoms with van der Waals surface area (Å²) in [5, 5.41) is 14.0. The van der Waals surface area contributed by atoms with Gasteiger partial charge in [-0.25, -0.2) is 9.97 Å². The van der Waals surface area contributed by atoms with Gasteiger partial charge in [0.15, 0.2) is 11.7 Å². The number of fused-ring (bicyclic) bond motifs is 1. The summed E-state index contributed by atoms with van der Waals surface area (Å²) < 4.78 is 5.53. The monoisotopic (exact) mass is 366 g/mol. The highest BCUT2D eigenvalue weighted by atomic mass is 16.4. The van der Waals surface area contributed by atoms with Crippen LogP contribution in [0, 0.1) is 18.8 Å². The van der Waals surface area contributed by atoms with Crippen LogP contribution in [0.5, 0.6) is 0 Å². The van der Waals surface area contributed by atoms with Crippen molar-refractivity contribution in [1.82, 2.24) is 15.0 Å². The molecule has 4 rings (SSSR count). The lowest BCUT2D eigenvalue weighted by atomic mass is 9.82. The Kier molecular flexibility index (Phi) is 4.85. The second-order valence-electron chi connectivity index (χ2n) is 7.12. The zero-order valence-corrected chi connectivity index (χ0v) is 15.2. The molecule has 140 valence electrons. The van der Waals surface area contributed by atoms with E-state index in [1.54, 1.807) is 25.5 Å². The molecule has 7 nitrogen and oxygen atoms in total. The minimum absolute atomic E-state index is 0.00150. The Morgan fingerprint density at radius 1 is 1.11 bits per heavy atom. The number of hydrogen-bond donors (Lipinski definition) is 2. The Hall–Kier alpha value is -2.80. The maximum Gasteiger partial charge on any atom is 0.228 e. The Morgan fingerprint density at radius 2 is 1.89 bits per heavy atom. The van der Waals surface area contributed by atoms with Crippen LogP contribution in [0.2, 0.25) is 0 Å². The van der Waals surface area contributed by atoms with E-state index in [9.17, 15) is 9.90 Å². The number of nitrogens with zero attached hydrogens (tertiary/aromatic N) is 3. The molecule has 0 bridgehead atoms.